The summed E-state index contributed by atoms with van der Waals surface area (Å²) in [6.07, 6.45) is 8.16. The normalized spacial score (nSPS) is 13.3. The van der Waals surface area contributed by atoms with Crippen LogP contribution in [-0.2, 0) is 12.8 Å². The molecule has 1 saturated heterocycles. The number of allylic oxidation sites excluding steroid dienone is 1. The van der Waals surface area contributed by atoms with E-state index in [1.807, 2.05) is 42.3 Å². The smallest absolute Gasteiger partial charge is 0.265 e. The standard InChI is InChI=1S/C33H35ClN4O2S/c1-5-22-11-10-12-23(6-2)30(22)38-29(17-21(3)4)25(32(39)37-15-8-7-9-16-37)18-26(33(38)40)31-36-28(20-41-31)27-14-13-24(34)19-35-27/h10-14,17-20H,5-9,15-16H2,1-4H3. The molecule has 0 unspecified atom stereocenters. The van der Waals surface area contributed by atoms with Gasteiger partial charge >= 0.3 is 0 Å². The summed E-state index contributed by atoms with van der Waals surface area (Å²) in [5, 5.41) is 2.99. The highest BCUT2D eigenvalue weighted by Gasteiger charge is 2.27. The van der Waals surface area contributed by atoms with Crippen LogP contribution in [0.1, 0.15) is 74.1 Å². The molecule has 1 aliphatic heterocycles. The average Bonchev–Trinajstić information content (AvgIpc) is 3.47. The fourth-order valence-electron chi connectivity index (χ4n) is 5.40. The minimum absolute atomic E-state index is 0.0459. The predicted octanol–water partition coefficient (Wildman–Crippen LogP) is 7.85. The van der Waals surface area contributed by atoms with Crippen molar-refractivity contribution in [1.82, 2.24) is 19.4 Å². The van der Waals surface area contributed by atoms with Crippen LogP contribution in [-0.4, -0.2) is 38.4 Å². The lowest BCUT2D eigenvalue weighted by atomic mass is 9.99. The number of likely N-dealkylation sites (tertiary alicyclic amines) is 1. The van der Waals surface area contributed by atoms with Crippen LogP contribution in [0, 0.1) is 0 Å². The molecule has 3 aromatic heterocycles. The summed E-state index contributed by atoms with van der Waals surface area (Å²) in [4.78, 5) is 39.9. The molecule has 0 spiro atoms. The number of aromatic nitrogens is 3. The molecule has 0 saturated carbocycles. The first-order valence-corrected chi connectivity index (χ1v) is 15.5. The third-order valence-corrected chi connectivity index (χ3v) is 8.55. The van der Waals surface area contributed by atoms with Crippen LogP contribution in [0.15, 0.2) is 58.3 Å². The first kappa shape index (κ1) is 29.0. The summed E-state index contributed by atoms with van der Waals surface area (Å²) < 4.78 is 1.78. The van der Waals surface area contributed by atoms with Crippen molar-refractivity contribution in [2.45, 2.75) is 59.8 Å². The van der Waals surface area contributed by atoms with Crippen LogP contribution in [0.4, 0.5) is 0 Å². The van der Waals surface area contributed by atoms with Crippen molar-refractivity contribution in [3.8, 4) is 27.6 Å². The van der Waals surface area contributed by atoms with Crippen LogP contribution < -0.4 is 5.56 Å². The van der Waals surface area contributed by atoms with E-state index in [9.17, 15) is 9.59 Å². The Balaban J connectivity index is 1.82. The first-order chi connectivity index (χ1) is 19.8. The lowest BCUT2D eigenvalue weighted by Gasteiger charge is -2.28. The van der Waals surface area contributed by atoms with Crippen LogP contribution in [0.2, 0.25) is 5.02 Å². The molecule has 1 aliphatic rings. The number of amides is 1. The summed E-state index contributed by atoms with van der Waals surface area (Å²) in [5.41, 5.74) is 6.71. The number of carbonyl (C=O) groups is 1. The number of nitrogens with zero attached hydrogens (tertiary/aromatic N) is 4. The van der Waals surface area contributed by atoms with Gasteiger partial charge in [-0.1, -0.05) is 49.2 Å². The number of pyridine rings is 2. The maximum Gasteiger partial charge on any atom is 0.265 e. The van der Waals surface area contributed by atoms with Crippen molar-refractivity contribution < 1.29 is 4.79 Å². The number of rotatable bonds is 7. The molecule has 0 bridgehead atoms. The number of halogens is 1. The second kappa shape index (κ2) is 12.5. The van der Waals surface area contributed by atoms with E-state index < -0.39 is 0 Å². The zero-order valence-corrected chi connectivity index (χ0v) is 25.6. The molecule has 0 N–H and O–H groups in total. The zero-order valence-electron chi connectivity index (χ0n) is 24.0. The van der Waals surface area contributed by atoms with Gasteiger partial charge in [-0.05, 0) is 81.4 Å². The quantitative estimate of drug-likeness (QED) is 0.221. The monoisotopic (exact) mass is 586 g/mol. The van der Waals surface area contributed by atoms with Crippen LogP contribution >= 0.6 is 22.9 Å². The molecular weight excluding hydrogens is 552 g/mol. The van der Waals surface area contributed by atoms with Gasteiger partial charge < -0.3 is 4.90 Å². The van der Waals surface area contributed by atoms with Crippen LogP contribution in [0.25, 0.3) is 33.7 Å². The summed E-state index contributed by atoms with van der Waals surface area (Å²) >= 11 is 7.42. The lowest BCUT2D eigenvalue weighted by Crippen LogP contribution is -2.37. The van der Waals surface area contributed by atoms with Crippen molar-refractivity contribution in [2.24, 2.45) is 0 Å². The molecular formula is C33H35ClN4O2S. The Hall–Kier alpha value is -3.55. The van der Waals surface area contributed by atoms with Crippen molar-refractivity contribution in [1.29, 1.82) is 0 Å². The third kappa shape index (κ3) is 5.92. The van der Waals surface area contributed by atoms with Crippen molar-refractivity contribution in [2.75, 3.05) is 13.1 Å². The number of carbonyl (C=O) groups excluding carboxylic acids is 1. The fraction of sp³-hybridized carbons (Fsp3) is 0.333. The summed E-state index contributed by atoms with van der Waals surface area (Å²) in [5.74, 6) is -0.0459. The van der Waals surface area contributed by atoms with Crippen LogP contribution in [0.5, 0.6) is 0 Å². The number of hydrogen-bond acceptors (Lipinski definition) is 5. The van der Waals surface area contributed by atoms with E-state index in [1.54, 1.807) is 22.9 Å². The molecule has 0 radical (unpaired) electrons. The van der Waals surface area contributed by atoms with Crippen molar-refractivity contribution in [3.05, 3.63) is 91.3 Å². The molecule has 1 aromatic carbocycles. The molecule has 1 fully saturated rings. The van der Waals surface area contributed by atoms with Gasteiger partial charge in [-0.15, -0.1) is 11.3 Å². The number of hydrogen-bond donors (Lipinski definition) is 0. The van der Waals surface area contributed by atoms with Gasteiger partial charge in [0.05, 0.1) is 33.2 Å². The van der Waals surface area contributed by atoms with Crippen molar-refractivity contribution in [3.63, 3.8) is 0 Å². The second-order valence-electron chi connectivity index (χ2n) is 10.6. The van der Waals surface area contributed by atoms with Gasteiger partial charge in [0.15, 0.2) is 0 Å². The third-order valence-electron chi connectivity index (χ3n) is 7.45. The van der Waals surface area contributed by atoms with E-state index in [-0.39, 0.29) is 11.5 Å². The number of para-hydroxylation sites is 1. The molecule has 8 heteroatoms. The van der Waals surface area contributed by atoms with E-state index in [1.165, 1.54) is 11.3 Å². The zero-order chi connectivity index (χ0) is 29.1. The summed E-state index contributed by atoms with van der Waals surface area (Å²) in [7, 11) is 0. The van der Waals surface area contributed by atoms with Gasteiger partial charge in [-0.3, -0.25) is 19.1 Å². The van der Waals surface area contributed by atoms with Crippen molar-refractivity contribution >= 4 is 34.9 Å². The second-order valence-corrected chi connectivity index (χ2v) is 11.9. The molecule has 4 heterocycles. The molecule has 1 amide bonds. The lowest BCUT2D eigenvalue weighted by molar-refractivity contribution is 0.0723. The van der Waals surface area contributed by atoms with Gasteiger partial charge in [-0.2, -0.15) is 0 Å². The van der Waals surface area contributed by atoms with Gasteiger partial charge in [0, 0.05) is 24.7 Å². The molecule has 0 aliphatic carbocycles. The molecule has 6 nitrogen and oxygen atoms in total. The molecule has 0 atom stereocenters. The number of aryl methyl sites for hydroxylation is 2. The molecule has 41 heavy (non-hydrogen) atoms. The first-order valence-electron chi connectivity index (χ1n) is 14.3. The van der Waals surface area contributed by atoms with Crippen LogP contribution in [0.3, 0.4) is 0 Å². The molecule has 5 rings (SSSR count). The average molecular weight is 587 g/mol. The van der Waals surface area contributed by atoms with Gasteiger partial charge in [0.25, 0.3) is 11.5 Å². The van der Waals surface area contributed by atoms with E-state index in [4.69, 9.17) is 16.6 Å². The Morgan fingerprint density at radius 1 is 1.02 bits per heavy atom. The SMILES string of the molecule is CCc1cccc(CC)c1-n1c(C=C(C)C)c(C(=O)N2CCCCC2)cc(-c2nc(-c3ccc(Cl)cn3)cs2)c1=O. The fourth-order valence-corrected chi connectivity index (χ4v) is 6.34. The predicted molar refractivity (Wildman–Crippen MR) is 169 cm³/mol. The highest BCUT2D eigenvalue weighted by atomic mass is 35.5. The Morgan fingerprint density at radius 2 is 1.73 bits per heavy atom. The highest BCUT2D eigenvalue weighted by molar-refractivity contribution is 7.13. The minimum Gasteiger partial charge on any atom is -0.339 e. The summed E-state index contributed by atoms with van der Waals surface area (Å²) in [6, 6.07) is 11.5. The Bertz CT molecular complexity index is 1640. The Kier molecular flexibility index (Phi) is 8.85. The number of thiazole rings is 1. The minimum atomic E-state index is -0.187. The molecule has 4 aromatic rings. The van der Waals surface area contributed by atoms with E-state index in [2.05, 4.69) is 31.0 Å². The van der Waals surface area contributed by atoms with Gasteiger partial charge in [0.1, 0.15) is 10.7 Å². The largest absolute Gasteiger partial charge is 0.339 e. The van der Waals surface area contributed by atoms with Gasteiger partial charge in [-0.25, -0.2) is 4.98 Å². The topological polar surface area (TPSA) is 68.1 Å². The Labute approximate surface area is 250 Å². The molecule has 212 valence electrons. The van der Waals surface area contributed by atoms with Gasteiger partial charge in [0.2, 0.25) is 0 Å². The number of piperidine rings is 1. The Morgan fingerprint density at radius 3 is 2.34 bits per heavy atom. The van der Waals surface area contributed by atoms with E-state index in [0.717, 1.165) is 67.6 Å². The number of benzene rings is 1. The van der Waals surface area contributed by atoms with E-state index >= 15 is 0 Å². The maximum atomic E-state index is 14.6. The highest BCUT2D eigenvalue weighted by Crippen LogP contribution is 2.32. The maximum absolute atomic E-state index is 14.6. The van der Waals surface area contributed by atoms with E-state index in [0.29, 0.717) is 38.2 Å². The summed E-state index contributed by atoms with van der Waals surface area (Å²) in [6.45, 7) is 9.63.